The fourth-order valence-corrected chi connectivity index (χ4v) is 4.41. The van der Waals surface area contributed by atoms with E-state index in [4.69, 9.17) is 0 Å². The minimum absolute atomic E-state index is 0.0530. The molecule has 0 spiro atoms. The third-order valence-corrected chi connectivity index (χ3v) is 6.12. The van der Waals surface area contributed by atoms with Crippen molar-refractivity contribution in [2.24, 2.45) is 0 Å². The largest absolute Gasteiger partial charge is 0.291 e. The molecule has 0 aliphatic carbocycles. The first-order valence-electron chi connectivity index (χ1n) is 7.94. The standard InChI is InChI=1S/C20H16N2OS2/c1-22(20-21-17-8-4-5-9-18(17)25-20)19(23)13-24-16-11-10-14-6-2-3-7-15(14)12-16/h2-12H,13H2,1H3. The van der Waals surface area contributed by atoms with Gasteiger partial charge in [-0.05, 0) is 35.0 Å². The molecule has 0 radical (unpaired) electrons. The van der Waals surface area contributed by atoms with Gasteiger partial charge in [0.2, 0.25) is 5.91 Å². The van der Waals surface area contributed by atoms with E-state index in [9.17, 15) is 4.79 Å². The zero-order chi connectivity index (χ0) is 17.2. The van der Waals surface area contributed by atoms with Crippen molar-refractivity contribution in [2.75, 3.05) is 17.7 Å². The summed E-state index contributed by atoms with van der Waals surface area (Å²) in [5.74, 6) is 0.447. The average Bonchev–Trinajstić information content (AvgIpc) is 3.09. The first-order chi connectivity index (χ1) is 12.2. The van der Waals surface area contributed by atoms with Crippen molar-refractivity contribution in [3.05, 3.63) is 66.7 Å². The van der Waals surface area contributed by atoms with E-state index in [-0.39, 0.29) is 5.91 Å². The number of carbonyl (C=O) groups is 1. The van der Waals surface area contributed by atoms with Crippen molar-refractivity contribution in [1.82, 2.24) is 4.98 Å². The Kier molecular flexibility index (Phi) is 4.42. The van der Waals surface area contributed by atoms with Crippen LogP contribution in [0.5, 0.6) is 0 Å². The van der Waals surface area contributed by atoms with E-state index >= 15 is 0 Å². The molecule has 25 heavy (non-hydrogen) atoms. The van der Waals surface area contributed by atoms with Crippen molar-refractivity contribution in [1.29, 1.82) is 0 Å². The maximum absolute atomic E-state index is 12.5. The third kappa shape index (κ3) is 3.38. The Bertz CT molecular complexity index is 1020. The molecule has 0 N–H and O–H groups in total. The summed E-state index contributed by atoms with van der Waals surface area (Å²) >= 11 is 3.10. The SMILES string of the molecule is CN(C(=O)CSc1ccc2ccccc2c1)c1nc2ccccc2s1. The number of aromatic nitrogens is 1. The molecule has 1 heterocycles. The second kappa shape index (κ2) is 6.86. The number of fused-ring (bicyclic) bond motifs is 2. The monoisotopic (exact) mass is 364 g/mol. The van der Waals surface area contributed by atoms with Crippen LogP contribution in [-0.4, -0.2) is 23.7 Å². The van der Waals surface area contributed by atoms with E-state index in [1.54, 1.807) is 35.0 Å². The third-order valence-electron chi connectivity index (χ3n) is 4.03. The number of benzene rings is 3. The van der Waals surface area contributed by atoms with Gasteiger partial charge in [-0.25, -0.2) is 4.98 Å². The smallest absolute Gasteiger partial charge is 0.238 e. The molecule has 0 aliphatic rings. The van der Waals surface area contributed by atoms with Crippen LogP contribution in [0.1, 0.15) is 0 Å². The van der Waals surface area contributed by atoms with Crippen LogP contribution < -0.4 is 4.90 Å². The number of amides is 1. The first kappa shape index (κ1) is 16.1. The van der Waals surface area contributed by atoms with E-state index in [2.05, 4.69) is 35.3 Å². The topological polar surface area (TPSA) is 33.2 Å². The van der Waals surface area contributed by atoms with Crippen LogP contribution in [0.3, 0.4) is 0 Å². The molecule has 0 atom stereocenters. The zero-order valence-corrected chi connectivity index (χ0v) is 15.3. The predicted octanol–water partition coefficient (Wildman–Crippen LogP) is 5.20. The Hall–Kier alpha value is -2.37. The normalized spacial score (nSPS) is 11.1. The second-order valence-electron chi connectivity index (χ2n) is 5.71. The summed E-state index contributed by atoms with van der Waals surface area (Å²) in [5.41, 5.74) is 0.935. The molecule has 0 unspecified atom stereocenters. The number of thiazole rings is 1. The number of rotatable bonds is 4. The van der Waals surface area contributed by atoms with Gasteiger partial charge in [-0.15, -0.1) is 11.8 Å². The molecule has 1 amide bonds. The summed E-state index contributed by atoms with van der Waals surface area (Å²) in [4.78, 5) is 19.8. The first-order valence-corrected chi connectivity index (χ1v) is 9.75. The Morgan fingerprint density at radius 1 is 1.04 bits per heavy atom. The van der Waals surface area contributed by atoms with Crippen molar-refractivity contribution in [3.63, 3.8) is 0 Å². The molecule has 0 bridgehead atoms. The number of hydrogen-bond acceptors (Lipinski definition) is 4. The molecule has 1 aromatic heterocycles. The molecule has 4 aromatic rings. The lowest BCUT2D eigenvalue weighted by Crippen LogP contribution is -2.27. The molecule has 0 saturated carbocycles. The van der Waals surface area contributed by atoms with Crippen LogP contribution in [-0.2, 0) is 4.79 Å². The number of anilines is 1. The van der Waals surface area contributed by atoms with Gasteiger partial charge in [0.15, 0.2) is 5.13 Å². The maximum atomic E-state index is 12.5. The van der Waals surface area contributed by atoms with Crippen molar-refractivity contribution in [2.45, 2.75) is 4.90 Å². The summed E-state index contributed by atoms with van der Waals surface area (Å²) in [6.45, 7) is 0. The molecule has 0 aliphatic heterocycles. The molecule has 3 aromatic carbocycles. The van der Waals surface area contributed by atoms with Crippen molar-refractivity contribution >= 4 is 55.1 Å². The van der Waals surface area contributed by atoms with Crippen LogP contribution in [0.2, 0.25) is 0 Å². The molecule has 124 valence electrons. The zero-order valence-electron chi connectivity index (χ0n) is 13.7. The molecule has 3 nitrogen and oxygen atoms in total. The maximum Gasteiger partial charge on any atom is 0.238 e. The van der Waals surface area contributed by atoms with Gasteiger partial charge in [-0.1, -0.05) is 53.8 Å². The highest BCUT2D eigenvalue weighted by molar-refractivity contribution is 8.00. The number of thioether (sulfide) groups is 1. The Labute approximate surface area is 154 Å². The van der Waals surface area contributed by atoms with E-state index in [0.717, 1.165) is 20.2 Å². The number of carbonyl (C=O) groups excluding carboxylic acids is 1. The van der Waals surface area contributed by atoms with Crippen LogP contribution in [0.4, 0.5) is 5.13 Å². The summed E-state index contributed by atoms with van der Waals surface area (Å²) in [7, 11) is 1.79. The number of para-hydroxylation sites is 1. The molecule has 4 rings (SSSR count). The van der Waals surface area contributed by atoms with Crippen molar-refractivity contribution in [3.8, 4) is 0 Å². The van der Waals surface area contributed by atoms with E-state index in [1.165, 1.54) is 10.8 Å². The van der Waals surface area contributed by atoms with Gasteiger partial charge in [0.1, 0.15) is 0 Å². The Morgan fingerprint density at radius 3 is 2.64 bits per heavy atom. The van der Waals surface area contributed by atoms with Gasteiger partial charge in [0.05, 0.1) is 16.0 Å². The van der Waals surface area contributed by atoms with Gasteiger partial charge in [0.25, 0.3) is 0 Å². The summed E-state index contributed by atoms with van der Waals surface area (Å²) in [5, 5.41) is 3.15. The molecule has 0 fully saturated rings. The lowest BCUT2D eigenvalue weighted by atomic mass is 10.1. The quantitative estimate of drug-likeness (QED) is 0.466. The van der Waals surface area contributed by atoms with Gasteiger partial charge in [-0.3, -0.25) is 9.69 Å². The van der Waals surface area contributed by atoms with Crippen LogP contribution in [0.15, 0.2) is 71.6 Å². The highest BCUT2D eigenvalue weighted by atomic mass is 32.2. The fourth-order valence-electron chi connectivity index (χ4n) is 2.61. The van der Waals surface area contributed by atoms with E-state index in [1.807, 2.05) is 36.4 Å². The second-order valence-corrected chi connectivity index (χ2v) is 7.77. The highest BCUT2D eigenvalue weighted by Crippen LogP contribution is 2.29. The summed E-state index contributed by atoms with van der Waals surface area (Å²) < 4.78 is 1.10. The van der Waals surface area contributed by atoms with Crippen molar-refractivity contribution < 1.29 is 4.79 Å². The van der Waals surface area contributed by atoms with Crippen LogP contribution in [0, 0.1) is 0 Å². The lowest BCUT2D eigenvalue weighted by molar-refractivity contribution is -0.115. The molecular formula is C20H16N2OS2. The molecular weight excluding hydrogens is 348 g/mol. The van der Waals surface area contributed by atoms with E-state index in [0.29, 0.717) is 5.75 Å². The summed E-state index contributed by atoms with van der Waals surface area (Å²) in [6, 6.07) is 22.5. The van der Waals surface area contributed by atoms with E-state index < -0.39 is 0 Å². The van der Waals surface area contributed by atoms with Gasteiger partial charge in [-0.2, -0.15) is 0 Å². The van der Waals surface area contributed by atoms with Crippen LogP contribution in [0.25, 0.3) is 21.0 Å². The Balaban J connectivity index is 1.46. The van der Waals surface area contributed by atoms with Crippen LogP contribution >= 0.6 is 23.1 Å². The lowest BCUT2D eigenvalue weighted by Gasteiger charge is -2.13. The number of hydrogen-bond donors (Lipinski definition) is 0. The number of nitrogens with zero attached hydrogens (tertiary/aromatic N) is 2. The predicted molar refractivity (Wildman–Crippen MR) is 108 cm³/mol. The summed E-state index contributed by atoms with van der Waals surface area (Å²) in [6.07, 6.45) is 0. The van der Waals surface area contributed by atoms with Gasteiger partial charge >= 0.3 is 0 Å². The minimum Gasteiger partial charge on any atom is -0.291 e. The fraction of sp³-hybridized carbons (Fsp3) is 0.100. The van der Waals surface area contributed by atoms with Gasteiger partial charge < -0.3 is 0 Å². The minimum atomic E-state index is 0.0530. The highest BCUT2D eigenvalue weighted by Gasteiger charge is 2.15. The molecule has 5 heteroatoms. The van der Waals surface area contributed by atoms with Gasteiger partial charge in [0, 0.05) is 11.9 Å². The Morgan fingerprint density at radius 2 is 1.80 bits per heavy atom. The molecule has 0 saturated heterocycles. The average molecular weight is 364 g/mol.